The molecular formula is C14H19N3S. The number of aromatic nitrogens is 1. The largest absolute Gasteiger partial charge is 0.375 e. The molecule has 3 nitrogen and oxygen atoms in total. The Morgan fingerprint density at radius 2 is 2.06 bits per heavy atom. The van der Waals surface area contributed by atoms with Crippen LogP contribution in [0.5, 0.6) is 0 Å². The van der Waals surface area contributed by atoms with E-state index < -0.39 is 0 Å². The minimum atomic E-state index is 0.663. The lowest BCUT2D eigenvalue weighted by Gasteiger charge is -2.19. The van der Waals surface area contributed by atoms with E-state index in [0.717, 1.165) is 31.7 Å². The number of nitrogens with zero attached hydrogens (tertiary/aromatic N) is 2. The van der Waals surface area contributed by atoms with E-state index in [1.54, 1.807) is 0 Å². The molecule has 0 aliphatic carbocycles. The molecule has 0 amide bonds. The maximum absolute atomic E-state index is 5.63. The van der Waals surface area contributed by atoms with E-state index in [2.05, 4.69) is 47.1 Å². The van der Waals surface area contributed by atoms with Crippen molar-refractivity contribution in [2.24, 2.45) is 0 Å². The van der Waals surface area contributed by atoms with Crippen LogP contribution >= 0.6 is 11.3 Å². The number of nitrogen functional groups attached to an aromatic ring is 1. The average Bonchev–Trinajstić information content (AvgIpc) is 2.81. The first-order valence-corrected chi connectivity index (χ1v) is 7.12. The molecule has 0 fully saturated rings. The maximum atomic E-state index is 5.63. The van der Waals surface area contributed by atoms with Gasteiger partial charge in [-0.2, -0.15) is 0 Å². The van der Waals surface area contributed by atoms with Gasteiger partial charge in [0.15, 0.2) is 5.13 Å². The summed E-state index contributed by atoms with van der Waals surface area (Å²) in [5.41, 5.74) is 8.09. The minimum absolute atomic E-state index is 0.663. The van der Waals surface area contributed by atoms with Gasteiger partial charge in [0.25, 0.3) is 0 Å². The molecule has 1 aromatic heterocycles. The first-order valence-electron chi connectivity index (χ1n) is 6.24. The molecule has 2 aromatic rings. The Bertz CT molecular complexity index is 467. The quantitative estimate of drug-likeness (QED) is 0.869. The molecule has 0 aliphatic rings. The molecule has 0 saturated carbocycles. The molecule has 18 heavy (non-hydrogen) atoms. The van der Waals surface area contributed by atoms with Gasteiger partial charge in [-0.05, 0) is 12.1 Å². The second-order valence-corrected chi connectivity index (χ2v) is 5.17. The summed E-state index contributed by atoms with van der Waals surface area (Å²) in [6.45, 7) is 5.26. The van der Waals surface area contributed by atoms with Gasteiger partial charge in [0.05, 0.1) is 5.69 Å². The van der Waals surface area contributed by atoms with Crippen LogP contribution in [-0.4, -0.2) is 23.0 Å². The summed E-state index contributed by atoms with van der Waals surface area (Å²) in [7, 11) is 0. The third-order valence-electron chi connectivity index (χ3n) is 2.95. The highest BCUT2D eigenvalue weighted by atomic mass is 32.1. The number of anilines is 1. The van der Waals surface area contributed by atoms with Crippen molar-refractivity contribution in [1.82, 2.24) is 9.88 Å². The van der Waals surface area contributed by atoms with E-state index in [1.807, 2.05) is 5.38 Å². The summed E-state index contributed by atoms with van der Waals surface area (Å²) in [6.07, 6.45) is 0.967. The van der Waals surface area contributed by atoms with Crippen LogP contribution in [0, 0.1) is 0 Å². The predicted octanol–water partition coefficient (Wildman–Crippen LogP) is 2.79. The number of nitrogens with two attached hydrogens (primary N) is 1. The summed E-state index contributed by atoms with van der Waals surface area (Å²) in [5.74, 6) is 0. The molecule has 1 heterocycles. The third-order valence-corrected chi connectivity index (χ3v) is 3.67. The highest BCUT2D eigenvalue weighted by Gasteiger charge is 2.05. The maximum Gasteiger partial charge on any atom is 0.180 e. The first kappa shape index (κ1) is 13.1. The molecule has 4 heteroatoms. The van der Waals surface area contributed by atoms with E-state index in [-0.39, 0.29) is 0 Å². The van der Waals surface area contributed by atoms with Crippen LogP contribution in [0.1, 0.15) is 18.2 Å². The SMILES string of the molecule is CCN(CCc1csc(N)n1)Cc1ccccc1. The Morgan fingerprint density at radius 3 is 2.67 bits per heavy atom. The first-order chi connectivity index (χ1) is 8.78. The van der Waals surface area contributed by atoms with Crippen molar-refractivity contribution in [3.63, 3.8) is 0 Å². The van der Waals surface area contributed by atoms with Crippen LogP contribution in [0.2, 0.25) is 0 Å². The van der Waals surface area contributed by atoms with E-state index in [0.29, 0.717) is 5.13 Å². The van der Waals surface area contributed by atoms with Gasteiger partial charge in [-0.25, -0.2) is 4.98 Å². The summed E-state index contributed by atoms with van der Waals surface area (Å²) < 4.78 is 0. The van der Waals surface area contributed by atoms with Crippen molar-refractivity contribution in [2.45, 2.75) is 19.9 Å². The van der Waals surface area contributed by atoms with Gasteiger partial charge >= 0.3 is 0 Å². The zero-order chi connectivity index (χ0) is 12.8. The monoisotopic (exact) mass is 261 g/mol. The Balaban J connectivity index is 1.86. The summed E-state index contributed by atoms with van der Waals surface area (Å²) in [5, 5.41) is 2.71. The van der Waals surface area contributed by atoms with Crippen LogP contribution in [0.25, 0.3) is 0 Å². The molecule has 0 unspecified atom stereocenters. The lowest BCUT2D eigenvalue weighted by Crippen LogP contribution is -2.25. The van der Waals surface area contributed by atoms with Crippen LogP contribution in [0.15, 0.2) is 35.7 Å². The lowest BCUT2D eigenvalue weighted by atomic mass is 10.2. The summed E-state index contributed by atoms with van der Waals surface area (Å²) in [6, 6.07) is 10.6. The molecule has 0 spiro atoms. The molecule has 0 saturated heterocycles. The molecule has 1 aromatic carbocycles. The normalized spacial score (nSPS) is 11.0. The van der Waals surface area contributed by atoms with E-state index in [9.17, 15) is 0 Å². The van der Waals surface area contributed by atoms with E-state index in [4.69, 9.17) is 5.73 Å². The molecule has 96 valence electrons. The van der Waals surface area contributed by atoms with Gasteiger partial charge < -0.3 is 5.73 Å². The second-order valence-electron chi connectivity index (χ2n) is 4.28. The molecule has 2 rings (SSSR count). The number of rotatable bonds is 6. The molecule has 0 bridgehead atoms. The van der Waals surface area contributed by atoms with Crippen molar-refractivity contribution >= 4 is 16.5 Å². The second kappa shape index (κ2) is 6.52. The van der Waals surface area contributed by atoms with Gasteiger partial charge in [-0.1, -0.05) is 37.3 Å². The number of hydrogen-bond acceptors (Lipinski definition) is 4. The van der Waals surface area contributed by atoms with Gasteiger partial charge in [0, 0.05) is 24.9 Å². The third kappa shape index (κ3) is 3.82. The van der Waals surface area contributed by atoms with Crippen molar-refractivity contribution in [3.05, 3.63) is 47.0 Å². The fraction of sp³-hybridized carbons (Fsp3) is 0.357. The molecule has 0 aliphatic heterocycles. The predicted molar refractivity (Wildman–Crippen MR) is 77.6 cm³/mol. The summed E-state index contributed by atoms with van der Waals surface area (Å²) in [4.78, 5) is 6.72. The van der Waals surface area contributed by atoms with Crippen molar-refractivity contribution < 1.29 is 0 Å². The smallest absolute Gasteiger partial charge is 0.180 e. The Labute approximate surface area is 112 Å². The Kier molecular flexibility index (Phi) is 4.73. The highest BCUT2D eigenvalue weighted by molar-refractivity contribution is 7.13. The zero-order valence-corrected chi connectivity index (χ0v) is 11.5. The number of hydrogen-bond donors (Lipinski definition) is 1. The Hall–Kier alpha value is -1.39. The molecule has 2 N–H and O–H groups in total. The topological polar surface area (TPSA) is 42.1 Å². The van der Waals surface area contributed by atoms with Crippen LogP contribution in [0.4, 0.5) is 5.13 Å². The highest BCUT2D eigenvalue weighted by Crippen LogP contribution is 2.12. The number of thiazole rings is 1. The summed E-state index contributed by atoms with van der Waals surface area (Å²) >= 11 is 1.52. The van der Waals surface area contributed by atoms with Gasteiger partial charge in [0.2, 0.25) is 0 Å². The minimum Gasteiger partial charge on any atom is -0.375 e. The molecule has 0 atom stereocenters. The zero-order valence-electron chi connectivity index (χ0n) is 10.7. The average molecular weight is 261 g/mol. The Morgan fingerprint density at radius 1 is 1.28 bits per heavy atom. The number of likely N-dealkylation sites (N-methyl/N-ethyl adjacent to an activating group) is 1. The van der Waals surface area contributed by atoms with Crippen molar-refractivity contribution in [2.75, 3.05) is 18.8 Å². The van der Waals surface area contributed by atoms with Crippen molar-refractivity contribution in [1.29, 1.82) is 0 Å². The van der Waals surface area contributed by atoms with Crippen LogP contribution in [0.3, 0.4) is 0 Å². The van der Waals surface area contributed by atoms with E-state index in [1.165, 1.54) is 16.9 Å². The van der Waals surface area contributed by atoms with Gasteiger partial charge in [-0.15, -0.1) is 11.3 Å². The van der Waals surface area contributed by atoms with Gasteiger partial charge in [0.1, 0.15) is 0 Å². The van der Waals surface area contributed by atoms with Gasteiger partial charge in [-0.3, -0.25) is 4.90 Å². The standard InChI is InChI=1S/C14H19N3S/c1-2-17(10-12-6-4-3-5-7-12)9-8-13-11-18-14(15)16-13/h3-7,11H,2,8-10H2,1H3,(H2,15,16). The molecule has 0 radical (unpaired) electrons. The number of benzene rings is 1. The van der Waals surface area contributed by atoms with Crippen LogP contribution in [-0.2, 0) is 13.0 Å². The van der Waals surface area contributed by atoms with Crippen LogP contribution < -0.4 is 5.73 Å². The van der Waals surface area contributed by atoms with E-state index >= 15 is 0 Å². The molecular weight excluding hydrogens is 242 g/mol. The van der Waals surface area contributed by atoms with Crippen molar-refractivity contribution in [3.8, 4) is 0 Å². The fourth-order valence-corrected chi connectivity index (χ4v) is 2.50. The fourth-order valence-electron chi connectivity index (χ4n) is 1.90. The lowest BCUT2D eigenvalue weighted by molar-refractivity contribution is 0.283.